The molecule has 2 aliphatic heterocycles. The normalized spacial score (nSPS) is 29.7. The summed E-state index contributed by atoms with van der Waals surface area (Å²) in [5.74, 6) is 1.23. The Morgan fingerprint density at radius 1 is 1.33 bits per heavy atom. The lowest BCUT2D eigenvalue weighted by Gasteiger charge is -2.25. The fourth-order valence-corrected chi connectivity index (χ4v) is 4.02. The lowest BCUT2D eigenvalue weighted by atomic mass is 9.97. The molecule has 24 heavy (non-hydrogen) atoms. The van der Waals surface area contributed by atoms with Crippen LogP contribution in [0.25, 0.3) is 0 Å². The van der Waals surface area contributed by atoms with E-state index in [-0.39, 0.29) is 17.6 Å². The predicted molar refractivity (Wildman–Crippen MR) is 90.5 cm³/mol. The van der Waals surface area contributed by atoms with Crippen molar-refractivity contribution in [1.29, 1.82) is 0 Å². The van der Waals surface area contributed by atoms with E-state index >= 15 is 0 Å². The molecule has 0 saturated carbocycles. The van der Waals surface area contributed by atoms with E-state index in [1.54, 1.807) is 0 Å². The number of likely N-dealkylation sites (tertiary alicyclic amines) is 1. The van der Waals surface area contributed by atoms with Gasteiger partial charge in [0.2, 0.25) is 5.91 Å². The number of aryl methyl sites for hydroxylation is 1. The van der Waals surface area contributed by atoms with Gasteiger partial charge in [0.15, 0.2) is 0 Å². The molecule has 1 aromatic heterocycles. The number of hydrogen-bond donors (Lipinski definition) is 1. The maximum absolute atomic E-state index is 12.6. The van der Waals surface area contributed by atoms with Gasteiger partial charge in [0.05, 0.1) is 23.9 Å². The molecule has 2 saturated heterocycles. The van der Waals surface area contributed by atoms with Gasteiger partial charge in [0.25, 0.3) is 0 Å². The van der Waals surface area contributed by atoms with Crippen molar-refractivity contribution in [2.75, 3.05) is 25.0 Å². The number of anilines is 1. The van der Waals surface area contributed by atoms with Crippen molar-refractivity contribution >= 4 is 11.7 Å². The van der Waals surface area contributed by atoms with Gasteiger partial charge < -0.3 is 15.0 Å². The highest BCUT2D eigenvalue weighted by atomic mass is 16.5. The second kappa shape index (κ2) is 6.16. The average Bonchev–Trinajstić information content (AvgIpc) is 3.32. The minimum atomic E-state index is -0.183. The minimum absolute atomic E-state index is 0.151. The number of nitrogens with one attached hydrogen (secondary N) is 1. The second-order valence-corrected chi connectivity index (χ2v) is 7.25. The van der Waals surface area contributed by atoms with Crippen molar-refractivity contribution in [3.8, 4) is 0 Å². The number of rotatable bonds is 3. The SMILES string of the molecule is Cc1ccc(N[C@H]2CO[C@]3(CCN(C(=O)C4CC=CC4)C3)C2)nn1. The van der Waals surface area contributed by atoms with Crippen molar-refractivity contribution in [2.24, 2.45) is 5.92 Å². The van der Waals surface area contributed by atoms with Crippen molar-refractivity contribution < 1.29 is 9.53 Å². The van der Waals surface area contributed by atoms with Crippen LogP contribution in [-0.2, 0) is 9.53 Å². The zero-order valence-electron chi connectivity index (χ0n) is 14.1. The van der Waals surface area contributed by atoms with Crippen LogP contribution in [0.1, 0.15) is 31.4 Å². The molecule has 0 radical (unpaired) electrons. The Morgan fingerprint density at radius 2 is 2.17 bits per heavy atom. The molecule has 128 valence electrons. The third kappa shape index (κ3) is 3.02. The van der Waals surface area contributed by atoms with E-state index in [0.717, 1.165) is 50.3 Å². The standard InChI is InChI=1S/C18H24N4O2/c1-13-6-7-16(21-20-13)19-15-10-18(24-11-15)8-9-22(12-18)17(23)14-4-2-3-5-14/h2-3,6-7,14-15H,4-5,8-12H2,1H3,(H,19,21)/t15-,18-/m1/s1. The summed E-state index contributed by atoms with van der Waals surface area (Å²) in [7, 11) is 0. The van der Waals surface area contributed by atoms with E-state index in [9.17, 15) is 4.79 Å². The molecule has 2 fully saturated rings. The molecular weight excluding hydrogens is 304 g/mol. The first-order valence-corrected chi connectivity index (χ1v) is 8.78. The predicted octanol–water partition coefficient (Wildman–Crippen LogP) is 1.92. The lowest BCUT2D eigenvalue weighted by molar-refractivity contribution is -0.135. The number of carbonyl (C=O) groups excluding carboxylic acids is 1. The fourth-order valence-electron chi connectivity index (χ4n) is 4.02. The number of aromatic nitrogens is 2. The Balaban J connectivity index is 1.34. The molecule has 0 unspecified atom stereocenters. The highest BCUT2D eigenvalue weighted by Crippen LogP contribution is 2.37. The van der Waals surface area contributed by atoms with E-state index in [1.165, 1.54) is 0 Å². The summed E-state index contributed by atoms with van der Waals surface area (Å²) in [6.07, 6.45) is 7.84. The van der Waals surface area contributed by atoms with Crippen LogP contribution in [0.4, 0.5) is 5.82 Å². The van der Waals surface area contributed by atoms with Crippen LogP contribution in [0.15, 0.2) is 24.3 Å². The molecule has 6 heteroatoms. The van der Waals surface area contributed by atoms with Gasteiger partial charge in [0, 0.05) is 25.4 Å². The number of amides is 1. The van der Waals surface area contributed by atoms with Gasteiger partial charge in [0.1, 0.15) is 5.82 Å². The van der Waals surface area contributed by atoms with Crippen LogP contribution in [0, 0.1) is 12.8 Å². The van der Waals surface area contributed by atoms with Gasteiger partial charge in [-0.3, -0.25) is 4.79 Å². The first-order valence-electron chi connectivity index (χ1n) is 8.78. The summed E-state index contributed by atoms with van der Waals surface area (Å²) < 4.78 is 6.13. The van der Waals surface area contributed by atoms with Gasteiger partial charge in [-0.05, 0) is 38.3 Å². The van der Waals surface area contributed by atoms with Crippen LogP contribution < -0.4 is 5.32 Å². The van der Waals surface area contributed by atoms with Gasteiger partial charge in [-0.15, -0.1) is 5.10 Å². The summed E-state index contributed by atoms with van der Waals surface area (Å²) in [6, 6.07) is 4.13. The Morgan fingerprint density at radius 3 is 2.92 bits per heavy atom. The maximum atomic E-state index is 12.6. The molecule has 2 atom stereocenters. The molecule has 6 nitrogen and oxygen atoms in total. The lowest BCUT2D eigenvalue weighted by Crippen LogP contribution is -2.38. The summed E-state index contributed by atoms with van der Waals surface area (Å²) >= 11 is 0. The van der Waals surface area contributed by atoms with E-state index < -0.39 is 0 Å². The number of ether oxygens (including phenoxy) is 1. The van der Waals surface area contributed by atoms with Crippen molar-refractivity contribution in [1.82, 2.24) is 15.1 Å². The third-order valence-electron chi connectivity index (χ3n) is 5.34. The summed E-state index contributed by atoms with van der Waals surface area (Å²) in [6.45, 7) is 4.11. The Kier molecular flexibility index (Phi) is 4.00. The summed E-state index contributed by atoms with van der Waals surface area (Å²) in [5.41, 5.74) is 0.725. The maximum Gasteiger partial charge on any atom is 0.226 e. The third-order valence-corrected chi connectivity index (χ3v) is 5.34. The van der Waals surface area contributed by atoms with Crippen LogP contribution in [0.3, 0.4) is 0 Å². The molecule has 3 heterocycles. The summed E-state index contributed by atoms with van der Waals surface area (Å²) in [4.78, 5) is 14.6. The van der Waals surface area contributed by atoms with E-state index in [4.69, 9.17) is 4.74 Å². The van der Waals surface area contributed by atoms with Gasteiger partial charge in [-0.1, -0.05) is 12.2 Å². The zero-order chi connectivity index (χ0) is 16.6. The quantitative estimate of drug-likeness (QED) is 0.859. The molecule has 1 amide bonds. The molecule has 4 rings (SSSR count). The Hall–Kier alpha value is -1.95. The van der Waals surface area contributed by atoms with Gasteiger partial charge in [-0.2, -0.15) is 5.10 Å². The summed E-state index contributed by atoms with van der Waals surface area (Å²) in [5, 5.41) is 11.6. The second-order valence-electron chi connectivity index (χ2n) is 7.25. The van der Waals surface area contributed by atoms with Crippen molar-refractivity contribution in [2.45, 2.75) is 44.2 Å². The van der Waals surface area contributed by atoms with Crippen LogP contribution in [0.5, 0.6) is 0 Å². The van der Waals surface area contributed by atoms with Gasteiger partial charge in [-0.25, -0.2) is 0 Å². The largest absolute Gasteiger partial charge is 0.371 e. The molecule has 1 N–H and O–H groups in total. The monoisotopic (exact) mass is 328 g/mol. The number of nitrogens with zero attached hydrogens (tertiary/aromatic N) is 3. The average molecular weight is 328 g/mol. The molecule has 3 aliphatic rings. The smallest absolute Gasteiger partial charge is 0.226 e. The van der Waals surface area contributed by atoms with E-state index in [1.807, 2.05) is 24.0 Å². The molecular formula is C18H24N4O2. The number of carbonyl (C=O) groups is 1. The molecule has 1 spiro atoms. The number of hydrogen-bond acceptors (Lipinski definition) is 5. The molecule has 0 aromatic carbocycles. The van der Waals surface area contributed by atoms with E-state index in [0.29, 0.717) is 12.5 Å². The Bertz CT molecular complexity index is 637. The van der Waals surface area contributed by atoms with E-state index in [2.05, 4.69) is 27.7 Å². The number of allylic oxidation sites excluding steroid dienone is 2. The first kappa shape index (κ1) is 15.6. The van der Waals surface area contributed by atoms with Crippen molar-refractivity contribution in [3.05, 3.63) is 30.0 Å². The molecule has 1 aromatic rings. The van der Waals surface area contributed by atoms with Crippen LogP contribution >= 0.6 is 0 Å². The van der Waals surface area contributed by atoms with Crippen LogP contribution in [0.2, 0.25) is 0 Å². The zero-order valence-corrected chi connectivity index (χ0v) is 14.1. The highest BCUT2D eigenvalue weighted by Gasteiger charge is 2.47. The van der Waals surface area contributed by atoms with Gasteiger partial charge >= 0.3 is 0 Å². The minimum Gasteiger partial charge on any atom is -0.371 e. The topological polar surface area (TPSA) is 67.3 Å². The van der Waals surface area contributed by atoms with Crippen LogP contribution in [-0.4, -0.2) is 52.3 Å². The highest BCUT2D eigenvalue weighted by molar-refractivity contribution is 5.80. The molecule has 1 aliphatic carbocycles. The molecule has 0 bridgehead atoms. The van der Waals surface area contributed by atoms with Crippen molar-refractivity contribution in [3.63, 3.8) is 0 Å². The first-order chi connectivity index (χ1) is 11.6. The Labute approximate surface area is 142 Å². The fraction of sp³-hybridized carbons (Fsp3) is 0.611.